The zero-order valence-electron chi connectivity index (χ0n) is 16.3. The molecule has 3 aromatic rings. The summed E-state index contributed by atoms with van der Waals surface area (Å²) in [5, 5.41) is 14.4. The van der Waals surface area contributed by atoms with Crippen molar-refractivity contribution in [2.24, 2.45) is 0 Å². The number of rotatable bonds is 4. The summed E-state index contributed by atoms with van der Waals surface area (Å²) in [6.45, 7) is 3.04. The molecule has 0 aliphatic carbocycles. The predicted octanol–water partition coefficient (Wildman–Crippen LogP) is 4.17. The molecule has 0 atom stereocenters. The maximum atomic E-state index is 13.7. The van der Waals surface area contributed by atoms with Gasteiger partial charge in [0.05, 0.1) is 38.2 Å². The smallest absolute Gasteiger partial charge is 0.239 e. The van der Waals surface area contributed by atoms with Crippen LogP contribution in [0.2, 0.25) is 0 Å². The second kappa shape index (κ2) is 7.58. The molecule has 0 unspecified atom stereocenters. The molecule has 1 aromatic heterocycles. The van der Waals surface area contributed by atoms with Gasteiger partial charge >= 0.3 is 0 Å². The Bertz CT molecular complexity index is 1000. The van der Waals surface area contributed by atoms with Crippen molar-refractivity contribution in [3.8, 4) is 22.9 Å². The highest BCUT2D eigenvalue weighted by Gasteiger charge is 2.30. The highest BCUT2D eigenvalue weighted by molar-refractivity contribution is 7.99. The van der Waals surface area contributed by atoms with E-state index in [0.29, 0.717) is 41.7 Å². The van der Waals surface area contributed by atoms with Crippen molar-refractivity contribution in [3.63, 3.8) is 0 Å². The molecule has 1 aliphatic heterocycles. The number of nitrogens with zero attached hydrogens (tertiary/aromatic N) is 3. The van der Waals surface area contributed by atoms with E-state index in [0.717, 1.165) is 28.0 Å². The van der Waals surface area contributed by atoms with Gasteiger partial charge in [-0.2, -0.15) is 16.7 Å². The molecule has 28 heavy (non-hydrogen) atoms. The average molecular weight is 398 g/mol. The van der Waals surface area contributed by atoms with Crippen LogP contribution in [0.1, 0.15) is 5.56 Å². The highest BCUT2D eigenvalue weighted by Crippen LogP contribution is 2.39. The molecule has 7 heteroatoms. The molecular formula is C21H23N3O3S. The lowest BCUT2D eigenvalue weighted by Gasteiger charge is -2.43. The molecule has 2 heterocycles. The van der Waals surface area contributed by atoms with Crippen LogP contribution in [0.5, 0.6) is 11.5 Å². The predicted molar refractivity (Wildman–Crippen MR) is 115 cm³/mol. The second-order valence-electron chi connectivity index (χ2n) is 6.91. The molecule has 1 saturated heterocycles. The number of hydrogen-bond donors (Lipinski definition) is 0. The average Bonchev–Trinajstić information content (AvgIpc) is 2.73. The first-order valence-electron chi connectivity index (χ1n) is 9.21. The van der Waals surface area contributed by atoms with E-state index in [1.165, 1.54) is 0 Å². The van der Waals surface area contributed by atoms with E-state index >= 15 is 0 Å². The number of hydroxylamine groups is 2. The first-order chi connectivity index (χ1) is 13.5. The number of hydrogen-bond acceptors (Lipinski definition) is 6. The van der Waals surface area contributed by atoms with E-state index in [2.05, 4.69) is 0 Å². The Kier molecular flexibility index (Phi) is 5.14. The lowest BCUT2D eigenvalue weighted by molar-refractivity contribution is 0.355. The Morgan fingerprint density at radius 3 is 2.25 bits per heavy atom. The van der Waals surface area contributed by atoms with Gasteiger partial charge in [0, 0.05) is 29.2 Å². The molecule has 1 aliphatic rings. The molecule has 146 valence electrons. The molecule has 0 radical (unpaired) electrons. The lowest BCUT2D eigenvalue weighted by atomic mass is 10.1. The van der Waals surface area contributed by atoms with Crippen LogP contribution in [0.15, 0.2) is 36.4 Å². The van der Waals surface area contributed by atoms with Crippen molar-refractivity contribution in [2.45, 2.75) is 6.92 Å². The molecule has 0 bridgehead atoms. The van der Waals surface area contributed by atoms with Crippen molar-refractivity contribution in [1.82, 2.24) is 14.6 Å². The fourth-order valence-corrected chi connectivity index (χ4v) is 4.48. The molecular weight excluding hydrogens is 374 g/mol. The highest BCUT2D eigenvalue weighted by atomic mass is 32.2. The summed E-state index contributed by atoms with van der Waals surface area (Å²) in [6.07, 6.45) is 0. The maximum absolute atomic E-state index is 13.7. The summed E-state index contributed by atoms with van der Waals surface area (Å²) in [5.41, 5.74) is 2.74. The monoisotopic (exact) mass is 397 g/mol. The first kappa shape index (κ1) is 19.0. The Morgan fingerprint density at radius 2 is 1.61 bits per heavy atom. The summed E-state index contributed by atoms with van der Waals surface area (Å²) in [5.74, 6) is 3.86. The first-order valence-corrected chi connectivity index (χ1v) is 10.4. The molecule has 0 amide bonds. The van der Waals surface area contributed by atoms with E-state index < -0.39 is 4.65 Å². The van der Waals surface area contributed by atoms with Gasteiger partial charge in [-0.3, -0.25) is 0 Å². The third kappa shape index (κ3) is 3.41. The third-order valence-corrected chi connectivity index (χ3v) is 6.01. The van der Waals surface area contributed by atoms with E-state index in [4.69, 9.17) is 19.4 Å². The van der Waals surface area contributed by atoms with Crippen molar-refractivity contribution in [2.75, 3.05) is 38.8 Å². The number of fused-ring (bicyclic) bond motifs is 1. The largest absolute Gasteiger partial charge is 0.626 e. The number of aromatic nitrogens is 2. The van der Waals surface area contributed by atoms with Crippen LogP contribution < -0.4 is 14.1 Å². The van der Waals surface area contributed by atoms with Crippen molar-refractivity contribution < 1.29 is 9.47 Å². The normalized spacial score (nSPS) is 16.1. The number of thioether (sulfide) groups is 1. The van der Waals surface area contributed by atoms with Crippen LogP contribution in [-0.4, -0.2) is 48.8 Å². The van der Waals surface area contributed by atoms with E-state index in [1.54, 1.807) is 14.2 Å². The fourth-order valence-electron chi connectivity index (χ4n) is 3.43. The van der Waals surface area contributed by atoms with Crippen LogP contribution in [0.3, 0.4) is 0 Å². The molecule has 0 spiro atoms. The van der Waals surface area contributed by atoms with Gasteiger partial charge in [-0.15, -0.1) is 0 Å². The quantitative estimate of drug-likeness (QED) is 0.486. The Balaban J connectivity index is 1.98. The number of benzene rings is 2. The minimum Gasteiger partial charge on any atom is -0.626 e. The minimum atomic E-state index is -0.444. The van der Waals surface area contributed by atoms with Crippen LogP contribution in [0.4, 0.5) is 5.82 Å². The van der Waals surface area contributed by atoms with Crippen molar-refractivity contribution in [1.29, 1.82) is 0 Å². The summed E-state index contributed by atoms with van der Waals surface area (Å²) >= 11 is 1.81. The van der Waals surface area contributed by atoms with Crippen molar-refractivity contribution >= 4 is 28.5 Å². The van der Waals surface area contributed by atoms with Gasteiger partial charge in [-0.05, 0) is 6.92 Å². The van der Waals surface area contributed by atoms with Gasteiger partial charge in [0.2, 0.25) is 5.82 Å². The van der Waals surface area contributed by atoms with Gasteiger partial charge in [-0.25, -0.2) is 4.98 Å². The van der Waals surface area contributed by atoms with Crippen LogP contribution >= 0.6 is 11.8 Å². The summed E-state index contributed by atoms with van der Waals surface area (Å²) in [7, 11) is 3.18. The minimum absolute atomic E-state index is 0.444. The maximum Gasteiger partial charge on any atom is 0.239 e. The number of ether oxygens (including phenoxy) is 2. The third-order valence-electron chi connectivity index (χ3n) is 5.07. The van der Waals surface area contributed by atoms with Gasteiger partial charge in [0.15, 0.2) is 17.3 Å². The molecule has 4 rings (SSSR count). The summed E-state index contributed by atoms with van der Waals surface area (Å²) < 4.78 is 10.5. The molecule has 2 aromatic carbocycles. The van der Waals surface area contributed by atoms with Gasteiger partial charge < -0.3 is 19.3 Å². The topological polar surface area (TPSA) is 67.3 Å². The second-order valence-corrected chi connectivity index (χ2v) is 8.13. The van der Waals surface area contributed by atoms with E-state index in [1.807, 2.05) is 55.1 Å². The van der Waals surface area contributed by atoms with E-state index in [-0.39, 0.29) is 0 Å². The number of aryl methyl sites for hydroxylation is 1. The number of methoxy groups -OCH3 is 2. The summed E-state index contributed by atoms with van der Waals surface area (Å²) in [4.78, 5) is 9.52. The Labute approximate surface area is 168 Å². The van der Waals surface area contributed by atoms with Crippen LogP contribution in [0.25, 0.3) is 22.3 Å². The van der Waals surface area contributed by atoms with Crippen LogP contribution in [-0.2, 0) is 0 Å². The zero-order valence-corrected chi connectivity index (χ0v) is 17.1. The van der Waals surface area contributed by atoms with Crippen LogP contribution in [0, 0.1) is 12.1 Å². The standard InChI is InChI=1S/C21H23N3O3S/c1-14-4-6-15(7-5-14)20-22-17-13-19(27-3)18(26-2)12-16(17)21(23-20)24(25)8-10-28-11-9-24/h4-7,12-13H,8-11H2,1-3H3. The molecule has 0 N–H and O–H groups in total. The van der Waals surface area contributed by atoms with Crippen molar-refractivity contribution in [3.05, 3.63) is 47.2 Å². The zero-order chi connectivity index (χ0) is 19.7. The van der Waals surface area contributed by atoms with Gasteiger partial charge in [0.1, 0.15) is 0 Å². The number of quaternary nitrogens is 1. The SMILES string of the molecule is COc1cc2nc(-c3ccc(C)cc3)nc([N+]3([O-])CCSCC3)c2cc1OC. The van der Waals surface area contributed by atoms with Gasteiger partial charge in [-0.1, -0.05) is 29.8 Å². The summed E-state index contributed by atoms with van der Waals surface area (Å²) in [6, 6.07) is 11.7. The van der Waals surface area contributed by atoms with Gasteiger partial charge in [0.25, 0.3) is 0 Å². The Morgan fingerprint density at radius 1 is 0.964 bits per heavy atom. The Hall–Kier alpha value is -2.35. The fraction of sp³-hybridized carbons (Fsp3) is 0.333. The molecule has 1 fully saturated rings. The lowest BCUT2D eigenvalue weighted by Crippen LogP contribution is -2.50. The molecule has 6 nitrogen and oxygen atoms in total. The molecule has 0 saturated carbocycles. The van der Waals surface area contributed by atoms with E-state index in [9.17, 15) is 5.21 Å².